The molecule has 13 heavy (non-hydrogen) atoms. The first-order valence-electron chi connectivity index (χ1n) is 4.77. The third-order valence-corrected chi connectivity index (χ3v) is 2.59. The van der Waals surface area contributed by atoms with E-state index in [-0.39, 0.29) is 6.04 Å². The van der Waals surface area contributed by atoms with Crippen molar-refractivity contribution in [2.75, 3.05) is 6.61 Å². The van der Waals surface area contributed by atoms with Crippen molar-refractivity contribution in [3.05, 3.63) is 34.9 Å². The van der Waals surface area contributed by atoms with E-state index in [1.54, 1.807) is 0 Å². The van der Waals surface area contributed by atoms with Crippen molar-refractivity contribution in [1.29, 1.82) is 0 Å². The smallest absolute Gasteiger partial charge is 0.0721 e. The lowest BCUT2D eigenvalue weighted by Gasteiger charge is -2.25. The van der Waals surface area contributed by atoms with Gasteiger partial charge < -0.3 is 10.5 Å². The number of rotatable bonds is 1. The predicted octanol–water partition coefficient (Wildman–Crippen LogP) is 1.78. The zero-order valence-electron chi connectivity index (χ0n) is 7.92. The molecule has 1 atom stereocenters. The Balaban J connectivity index is 2.50. The number of hydrogen-bond acceptors (Lipinski definition) is 2. The van der Waals surface area contributed by atoms with Crippen molar-refractivity contribution in [3.63, 3.8) is 0 Å². The SMILES string of the molecule is CCc1cccc2c1C(N)COC2. The molecule has 0 saturated heterocycles. The van der Waals surface area contributed by atoms with Crippen molar-refractivity contribution < 1.29 is 4.74 Å². The quantitative estimate of drug-likeness (QED) is 0.709. The van der Waals surface area contributed by atoms with Gasteiger partial charge in [-0.3, -0.25) is 0 Å². The fraction of sp³-hybridized carbons (Fsp3) is 0.455. The fourth-order valence-corrected chi connectivity index (χ4v) is 1.96. The molecule has 2 rings (SSSR count). The van der Waals surface area contributed by atoms with E-state index >= 15 is 0 Å². The lowest BCUT2D eigenvalue weighted by molar-refractivity contribution is 0.0920. The molecule has 0 aromatic heterocycles. The van der Waals surface area contributed by atoms with E-state index in [0.717, 1.165) is 13.0 Å². The van der Waals surface area contributed by atoms with Crippen LogP contribution < -0.4 is 5.73 Å². The van der Waals surface area contributed by atoms with E-state index < -0.39 is 0 Å². The van der Waals surface area contributed by atoms with Crippen molar-refractivity contribution in [2.24, 2.45) is 5.73 Å². The molecular formula is C11H15NO. The Morgan fingerprint density at radius 1 is 1.54 bits per heavy atom. The van der Waals surface area contributed by atoms with Crippen LogP contribution in [-0.4, -0.2) is 6.61 Å². The Bertz CT molecular complexity index is 295. The molecule has 0 aliphatic carbocycles. The Morgan fingerprint density at radius 2 is 2.38 bits per heavy atom. The monoisotopic (exact) mass is 177 g/mol. The van der Waals surface area contributed by atoms with E-state index in [1.807, 2.05) is 0 Å². The maximum atomic E-state index is 6.00. The summed E-state index contributed by atoms with van der Waals surface area (Å²) in [6, 6.07) is 6.41. The van der Waals surface area contributed by atoms with Gasteiger partial charge in [-0.05, 0) is 23.1 Å². The second kappa shape index (κ2) is 3.48. The van der Waals surface area contributed by atoms with E-state index in [9.17, 15) is 0 Å². The number of ether oxygens (including phenoxy) is 1. The Morgan fingerprint density at radius 3 is 3.15 bits per heavy atom. The van der Waals surface area contributed by atoms with Gasteiger partial charge in [-0.25, -0.2) is 0 Å². The molecule has 0 spiro atoms. The van der Waals surface area contributed by atoms with Crippen LogP contribution in [0.5, 0.6) is 0 Å². The molecule has 2 heteroatoms. The molecule has 0 bridgehead atoms. The predicted molar refractivity (Wildman–Crippen MR) is 52.4 cm³/mol. The highest BCUT2D eigenvalue weighted by Crippen LogP contribution is 2.26. The van der Waals surface area contributed by atoms with E-state index in [4.69, 9.17) is 10.5 Å². The van der Waals surface area contributed by atoms with Crippen LogP contribution in [-0.2, 0) is 17.8 Å². The summed E-state index contributed by atoms with van der Waals surface area (Å²) in [5, 5.41) is 0. The van der Waals surface area contributed by atoms with Gasteiger partial charge >= 0.3 is 0 Å². The Kier molecular flexibility index (Phi) is 2.34. The second-order valence-electron chi connectivity index (χ2n) is 3.47. The summed E-state index contributed by atoms with van der Waals surface area (Å²) in [7, 11) is 0. The molecule has 2 nitrogen and oxygen atoms in total. The minimum Gasteiger partial charge on any atom is -0.375 e. The van der Waals surface area contributed by atoms with Gasteiger partial charge in [-0.15, -0.1) is 0 Å². The van der Waals surface area contributed by atoms with Gasteiger partial charge in [-0.2, -0.15) is 0 Å². The lowest BCUT2D eigenvalue weighted by Crippen LogP contribution is -2.24. The molecule has 1 aliphatic heterocycles. The number of benzene rings is 1. The molecule has 0 radical (unpaired) electrons. The zero-order chi connectivity index (χ0) is 9.26. The largest absolute Gasteiger partial charge is 0.375 e. The Hall–Kier alpha value is -0.860. The van der Waals surface area contributed by atoms with E-state index in [2.05, 4.69) is 25.1 Å². The first kappa shape index (κ1) is 8.73. The fourth-order valence-electron chi connectivity index (χ4n) is 1.96. The Labute approximate surface area is 78.7 Å². The van der Waals surface area contributed by atoms with Crippen LogP contribution in [0.2, 0.25) is 0 Å². The van der Waals surface area contributed by atoms with Gasteiger partial charge in [0, 0.05) is 0 Å². The highest BCUT2D eigenvalue weighted by molar-refractivity contribution is 5.38. The molecule has 0 amide bonds. The summed E-state index contributed by atoms with van der Waals surface area (Å²) < 4.78 is 5.38. The van der Waals surface area contributed by atoms with E-state index in [0.29, 0.717) is 6.61 Å². The highest BCUT2D eigenvalue weighted by atomic mass is 16.5. The molecule has 1 unspecified atom stereocenters. The van der Waals surface area contributed by atoms with Gasteiger partial charge in [0.1, 0.15) is 0 Å². The number of nitrogens with two attached hydrogens (primary N) is 1. The third kappa shape index (κ3) is 1.47. The van der Waals surface area contributed by atoms with Crippen LogP contribution >= 0.6 is 0 Å². The maximum Gasteiger partial charge on any atom is 0.0721 e. The molecule has 0 saturated carbocycles. The minimum atomic E-state index is 0.0694. The van der Waals surface area contributed by atoms with Crippen LogP contribution in [0.25, 0.3) is 0 Å². The van der Waals surface area contributed by atoms with Crippen molar-refractivity contribution >= 4 is 0 Å². The van der Waals surface area contributed by atoms with E-state index in [1.165, 1.54) is 16.7 Å². The van der Waals surface area contributed by atoms with Crippen molar-refractivity contribution in [2.45, 2.75) is 26.0 Å². The highest BCUT2D eigenvalue weighted by Gasteiger charge is 2.19. The first-order valence-corrected chi connectivity index (χ1v) is 4.77. The molecule has 0 fully saturated rings. The van der Waals surface area contributed by atoms with Crippen LogP contribution in [0.1, 0.15) is 29.7 Å². The summed E-state index contributed by atoms with van der Waals surface area (Å²) in [6.45, 7) is 3.54. The minimum absolute atomic E-state index is 0.0694. The van der Waals surface area contributed by atoms with Crippen LogP contribution in [0.15, 0.2) is 18.2 Å². The number of aryl methyl sites for hydroxylation is 1. The van der Waals surface area contributed by atoms with Gasteiger partial charge in [-0.1, -0.05) is 25.1 Å². The molecule has 1 heterocycles. The van der Waals surface area contributed by atoms with Crippen molar-refractivity contribution in [1.82, 2.24) is 0 Å². The molecule has 1 aliphatic rings. The van der Waals surface area contributed by atoms with Gasteiger partial charge in [0.05, 0.1) is 19.3 Å². The second-order valence-corrected chi connectivity index (χ2v) is 3.47. The molecule has 70 valence electrons. The summed E-state index contributed by atoms with van der Waals surface area (Å²) in [5.74, 6) is 0. The standard InChI is InChI=1S/C11H15NO/c1-2-8-4-3-5-9-6-13-7-10(12)11(8)9/h3-5,10H,2,6-7,12H2,1H3. The van der Waals surface area contributed by atoms with Gasteiger partial charge in [0.15, 0.2) is 0 Å². The van der Waals surface area contributed by atoms with Gasteiger partial charge in [0.2, 0.25) is 0 Å². The summed E-state index contributed by atoms with van der Waals surface area (Å²) in [4.78, 5) is 0. The summed E-state index contributed by atoms with van der Waals surface area (Å²) >= 11 is 0. The number of hydrogen-bond donors (Lipinski definition) is 1. The average molecular weight is 177 g/mol. The number of fused-ring (bicyclic) bond motifs is 1. The molecular weight excluding hydrogens is 162 g/mol. The maximum absolute atomic E-state index is 6.00. The topological polar surface area (TPSA) is 35.2 Å². The van der Waals surface area contributed by atoms with Gasteiger partial charge in [0.25, 0.3) is 0 Å². The van der Waals surface area contributed by atoms with Crippen LogP contribution in [0, 0.1) is 0 Å². The molecule has 1 aromatic carbocycles. The van der Waals surface area contributed by atoms with Crippen molar-refractivity contribution in [3.8, 4) is 0 Å². The first-order chi connectivity index (χ1) is 6.33. The summed E-state index contributed by atoms with van der Waals surface area (Å²) in [6.07, 6.45) is 1.05. The molecule has 1 aromatic rings. The third-order valence-electron chi connectivity index (χ3n) is 2.59. The molecule has 2 N–H and O–H groups in total. The average Bonchev–Trinajstić information content (AvgIpc) is 2.17. The van der Waals surface area contributed by atoms with Crippen LogP contribution in [0.3, 0.4) is 0 Å². The zero-order valence-corrected chi connectivity index (χ0v) is 7.92. The lowest BCUT2D eigenvalue weighted by atomic mass is 9.93. The van der Waals surface area contributed by atoms with Crippen LogP contribution in [0.4, 0.5) is 0 Å². The normalized spacial score (nSPS) is 21.2. The summed E-state index contributed by atoms with van der Waals surface area (Å²) in [5.41, 5.74) is 9.94.